The fourth-order valence-corrected chi connectivity index (χ4v) is 3.17. The number of carbonyl (C=O) groups excluding carboxylic acids is 1. The van der Waals surface area contributed by atoms with Crippen LogP contribution in [0.25, 0.3) is 5.69 Å². The number of pyridine rings is 1. The number of anilines is 1. The second-order valence-electron chi connectivity index (χ2n) is 6.23. The predicted octanol–water partition coefficient (Wildman–Crippen LogP) is 2.42. The Balaban J connectivity index is 1.43. The van der Waals surface area contributed by atoms with E-state index < -0.39 is 0 Å². The fourth-order valence-electron chi connectivity index (χ4n) is 3.17. The van der Waals surface area contributed by atoms with E-state index >= 15 is 0 Å². The van der Waals surface area contributed by atoms with Gasteiger partial charge in [-0.05, 0) is 36.8 Å². The first-order valence-corrected chi connectivity index (χ1v) is 8.45. The maximum atomic E-state index is 13.9. The molecule has 0 bridgehead atoms. The van der Waals surface area contributed by atoms with Crippen LogP contribution >= 0.6 is 0 Å². The van der Waals surface area contributed by atoms with Gasteiger partial charge in [-0.1, -0.05) is 6.07 Å². The van der Waals surface area contributed by atoms with E-state index in [-0.39, 0.29) is 17.8 Å². The summed E-state index contributed by atoms with van der Waals surface area (Å²) >= 11 is 0. The van der Waals surface area contributed by atoms with E-state index in [4.69, 9.17) is 0 Å². The fraction of sp³-hybridized carbons (Fsp3) is 0.211. The Morgan fingerprint density at radius 2 is 2.15 bits per heavy atom. The summed E-state index contributed by atoms with van der Waals surface area (Å²) in [5.74, 6) is -0.140. The molecular weight excluding hydrogens is 333 g/mol. The van der Waals surface area contributed by atoms with Crippen LogP contribution in [0.2, 0.25) is 0 Å². The SMILES string of the molecule is O=C(NC1CCN(c2ncccc2F)C1)c1cccc(-n2ccnc2)c1. The Labute approximate surface area is 150 Å². The molecule has 1 aromatic carbocycles. The highest BCUT2D eigenvalue weighted by Crippen LogP contribution is 2.21. The Hall–Kier alpha value is -3.22. The molecule has 2 aromatic heterocycles. The second-order valence-corrected chi connectivity index (χ2v) is 6.23. The average Bonchev–Trinajstić information content (AvgIpc) is 3.34. The molecular formula is C19H18FN5O. The number of nitrogens with zero attached hydrogens (tertiary/aromatic N) is 4. The Morgan fingerprint density at radius 1 is 1.23 bits per heavy atom. The van der Waals surface area contributed by atoms with Gasteiger partial charge in [-0.15, -0.1) is 0 Å². The Bertz CT molecular complexity index is 912. The van der Waals surface area contributed by atoms with Crippen molar-refractivity contribution in [2.75, 3.05) is 18.0 Å². The van der Waals surface area contributed by atoms with E-state index in [0.717, 1.165) is 12.1 Å². The molecule has 1 aliphatic heterocycles. The second kappa shape index (κ2) is 6.95. The van der Waals surface area contributed by atoms with E-state index in [1.165, 1.54) is 6.07 Å². The normalized spacial score (nSPS) is 16.7. The van der Waals surface area contributed by atoms with Crippen LogP contribution in [-0.2, 0) is 0 Å². The van der Waals surface area contributed by atoms with Crippen molar-refractivity contribution in [2.45, 2.75) is 12.5 Å². The molecule has 0 aliphatic carbocycles. The molecule has 1 aliphatic rings. The highest BCUT2D eigenvalue weighted by atomic mass is 19.1. The minimum absolute atomic E-state index is 0.0409. The lowest BCUT2D eigenvalue weighted by molar-refractivity contribution is 0.0940. The molecule has 1 fully saturated rings. The zero-order chi connectivity index (χ0) is 17.9. The number of hydrogen-bond acceptors (Lipinski definition) is 4. The number of aromatic nitrogens is 3. The lowest BCUT2D eigenvalue weighted by Gasteiger charge is -2.18. The number of hydrogen-bond donors (Lipinski definition) is 1. The van der Waals surface area contributed by atoms with E-state index in [1.54, 1.807) is 30.9 Å². The molecule has 1 N–H and O–H groups in total. The molecule has 132 valence electrons. The lowest BCUT2D eigenvalue weighted by Crippen LogP contribution is -2.37. The van der Waals surface area contributed by atoms with Crippen molar-refractivity contribution in [3.8, 4) is 5.69 Å². The van der Waals surface area contributed by atoms with E-state index in [0.29, 0.717) is 24.5 Å². The summed E-state index contributed by atoms with van der Waals surface area (Å²) in [6.45, 7) is 1.20. The Morgan fingerprint density at radius 3 is 2.96 bits per heavy atom. The van der Waals surface area contributed by atoms with Gasteiger partial charge >= 0.3 is 0 Å². The molecule has 3 heterocycles. The molecule has 7 heteroatoms. The molecule has 3 aromatic rings. The minimum atomic E-state index is -0.340. The van der Waals surface area contributed by atoms with Crippen LogP contribution in [0.4, 0.5) is 10.2 Å². The summed E-state index contributed by atoms with van der Waals surface area (Å²) in [6.07, 6.45) is 7.53. The number of nitrogens with one attached hydrogen (secondary N) is 1. The zero-order valence-corrected chi connectivity index (χ0v) is 14.0. The lowest BCUT2D eigenvalue weighted by atomic mass is 10.1. The topological polar surface area (TPSA) is 63.1 Å². The molecule has 1 atom stereocenters. The van der Waals surface area contributed by atoms with Gasteiger partial charge in [0.05, 0.1) is 6.33 Å². The van der Waals surface area contributed by atoms with Crippen molar-refractivity contribution in [1.29, 1.82) is 0 Å². The van der Waals surface area contributed by atoms with Crippen LogP contribution in [0.3, 0.4) is 0 Å². The van der Waals surface area contributed by atoms with E-state index in [2.05, 4.69) is 15.3 Å². The highest BCUT2D eigenvalue weighted by Gasteiger charge is 2.26. The third-order valence-electron chi connectivity index (χ3n) is 4.47. The number of carbonyl (C=O) groups is 1. The van der Waals surface area contributed by atoms with Crippen LogP contribution in [0.5, 0.6) is 0 Å². The molecule has 1 unspecified atom stereocenters. The van der Waals surface area contributed by atoms with Crippen molar-refractivity contribution in [3.63, 3.8) is 0 Å². The quantitative estimate of drug-likeness (QED) is 0.784. The van der Waals surface area contributed by atoms with Crippen LogP contribution < -0.4 is 10.2 Å². The van der Waals surface area contributed by atoms with Gasteiger partial charge in [0.15, 0.2) is 11.6 Å². The van der Waals surface area contributed by atoms with Crippen LogP contribution in [0.15, 0.2) is 61.3 Å². The van der Waals surface area contributed by atoms with Gasteiger partial charge < -0.3 is 14.8 Å². The number of benzene rings is 1. The van der Waals surface area contributed by atoms with E-state index in [9.17, 15) is 9.18 Å². The van der Waals surface area contributed by atoms with Crippen molar-refractivity contribution >= 4 is 11.7 Å². The average molecular weight is 351 g/mol. The molecule has 6 nitrogen and oxygen atoms in total. The summed E-state index contributed by atoms with van der Waals surface area (Å²) in [4.78, 5) is 22.6. The largest absolute Gasteiger partial charge is 0.352 e. The third-order valence-corrected chi connectivity index (χ3v) is 4.47. The van der Waals surface area contributed by atoms with Gasteiger partial charge in [0.1, 0.15) is 0 Å². The molecule has 0 saturated carbocycles. The van der Waals surface area contributed by atoms with Gasteiger partial charge in [-0.25, -0.2) is 14.4 Å². The zero-order valence-electron chi connectivity index (χ0n) is 14.0. The molecule has 0 spiro atoms. The number of rotatable bonds is 4. The predicted molar refractivity (Wildman–Crippen MR) is 95.8 cm³/mol. The number of imidazole rings is 1. The Kier molecular flexibility index (Phi) is 4.35. The molecule has 26 heavy (non-hydrogen) atoms. The van der Waals surface area contributed by atoms with Gasteiger partial charge in [-0.3, -0.25) is 4.79 Å². The van der Waals surface area contributed by atoms with Gasteiger partial charge in [0.2, 0.25) is 0 Å². The summed E-state index contributed by atoms with van der Waals surface area (Å²) < 4.78 is 15.7. The van der Waals surface area contributed by atoms with Crippen LogP contribution in [0.1, 0.15) is 16.8 Å². The van der Waals surface area contributed by atoms with Crippen LogP contribution in [-0.4, -0.2) is 39.6 Å². The summed E-state index contributed by atoms with van der Waals surface area (Å²) in [5, 5.41) is 3.03. The molecule has 1 saturated heterocycles. The van der Waals surface area contributed by atoms with Crippen molar-refractivity contribution in [2.24, 2.45) is 0 Å². The van der Waals surface area contributed by atoms with Gasteiger partial charge in [-0.2, -0.15) is 0 Å². The number of halogens is 1. The van der Waals surface area contributed by atoms with Gasteiger partial charge in [0, 0.05) is 49.0 Å². The van der Waals surface area contributed by atoms with Crippen molar-refractivity contribution in [1.82, 2.24) is 19.9 Å². The molecule has 0 radical (unpaired) electrons. The maximum absolute atomic E-state index is 13.9. The smallest absolute Gasteiger partial charge is 0.251 e. The molecule has 4 rings (SSSR count). The van der Waals surface area contributed by atoms with Gasteiger partial charge in [0.25, 0.3) is 5.91 Å². The monoisotopic (exact) mass is 351 g/mol. The highest BCUT2D eigenvalue weighted by molar-refractivity contribution is 5.95. The first-order valence-electron chi connectivity index (χ1n) is 8.45. The summed E-state index contributed by atoms with van der Waals surface area (Å²) in [7, 11) is 0. The first-order chi connectivity index (χ1) is 12.7. The van der Waals surface area contributed by atoms with Crippen LogP contribution in [0, 0.1) is 5.82 Å². The minimum Gasteiger partial charge on any atom is -0.352 e. The molecule has 1 amide bonds. The summed E-state index contributed by atoms with van der Waals surface area (Å²) in [5.41, 5.74) is 1.46. The third kappa shape index (κ3) is 3.28. The maximum Gasteiger partial charge on any atom is 0.251 e. The van der Waals surface area contributed by atoms with Crippen molar-refractivity contribution in [3.05, 3.63) is 72.7 Å². The van der Waals surface area contributed by atoms with Crippen molar-refractivity contribution < 1.29 is 9.18 Å². The van der Waals surface area contributed by atoms with E-state index in [1.807, 2.05) is 33.9 Å². The summed E-state index contributed by atoms with van der Waals surface area (Å²) in [6, 6.07) is 10.3. The number of amides is 1. The standard InChI is InChI=1S/C19H18FN5O/c20-17-5-2-7-22-18(17)24-9-6-15(12-24)23-19(26)14-3-1-4-16(11-14)25-10-8-21-13-25/h1-5,7-8,10-11,13,15H,6,9,12H2,(H,23,26). The first kappa shape index (κ1) is 16.3.